The summed E-state index contributed by atoms with van der Waals surface area (Å²) < 4.78 is 12.6. The Morgan fingerprint density at radius 2 is 0.680 bits per heavy atom. The van der Waals surface area contributed by atoms with E-state index in [1.807, 2.05) is 0 Å². The van der Waals surface area contributed by atoms with Crippen molar-refractivity contribution >= 4 is 61.1 Å². The molecule has 0 amide bonds. The zero-order valence-corrected chi connectivity index (χ0v) is 14.8. The van der Waals surface area contributed by atoms with Crippen molar-refractivity contribution in [2.24, 2.45) is 0 Å². The van der Waals surface area contributed by atoms with Crippen LogP contribution in [0.5, 0.6) is 0 Å². The number of hydrogen-bond acceptors (Lipinski definition) is 9. The molecule has 0 heterocycles. The van der Waals surface area contributed by atoms with Crippen LogP contribution in [0.1, 0.15) is 40.0 Å². The Balaban J connectivity index is -0.000000130. The predicted molar refractivity (Wildman–Crippen MR) is 91.9 cm³/mol. The normalized spacial score (nSPS) is 7.92. The Labute approximate surface area is 165 Å². The molecule has 10 heteroatoms. The number of Topliss-reactive ketones (excluding diaryl/α,β-unsaturated/α-hetero) is 3. The van der Waals surface area contributed by atoms with Gasteiger partial charge in [-0.2, -0.15) is 0 Å². The SMILES string of the molecule is COC(=O)CC(C)=O.COC(=O)CC(C)=O.COC(=O)CC(C)=O.[InH3]. The summed E-state index contributed by atoms with van der Waals surface area (Å²) in [5, 5.41) is 0. The molecule has 0 spiro atoms. The number of ketones is 3. The molecule has 25 heavy (non-hydrogen) atoms. The number of methoxy groups -OCH3 is 3. The average molecular weight is 466 g/mol. The summed E-state index contributed by atoms with van der Waals surface area (Å²) in [5.41, 5.74) is 0. The topological polar surface area (TPSA) is 130 Å². The van der Waals surface area contributed by atoms with Crippen molar-refractivity contribution in [1.82, 2.24) is 0 Å². The predicted octanol–water partition coefficient (Wildman–Crippen LogP) is -0.768. The molecular weight excluding hydrogens is 439 g/mol. The van der Waals surface area contributed by atoms with Gasteiger partial charge in [0.25, 0.3) is 0 Å². The summed E-state index contributed by atoms with van der Waals surface area (Å²) >= 11 is 0. The van der Waals surface area contributed by atoms with Crippen LogP contribution in [0.2, 0.25) is 0 Å². The Kier molecular flexibility index (Phi) is 25.3. The van der Waals surface area contributed by atoms with Crippen molar-refractivity contribution in [3.8, 4) is 0 Å². The molecule has 9 nitrogen and oxygen atoms in total. The first kappa shape index (κ1) is 31.1. The van der Waals surface area contributed by atoms with Gasteiger partial charge in [-0.25, -0.2) is 0 Å². The molecule has 0 radical (unpaired) electrons. The molecular formula is C15H27InO9. The van der Waals surface area contributed by atoms with E-state index < -0.39 is 17.9 Å². The number of rotatable bonds is 6. The Morgan fingerprint density at radius 1 is 0.520 bits per heavy atom. The fourth-order valence-electron chi connectivity index (χ4n) is 0.826. The van der Waals surface area contributed by atoms with Crippen LogP contribution in [0.4, 0.5) is 0 Å². The number of esters is 3. The Hall–Kier alpha value is -1.71. The summed E-state index contributed by atoms with van der Waals surface area (Å²) in [6.45, 7) is 4.03. The molecule has 0 fully saturated rings. The molecule has 0 aromatic heterocycles. The van der Waals surface area contributed by atoms with Gasteiger partial charge in [-0.3, -0.25) is 28.8 Å². The first-order chi connectivity index (χ1) is 11.0. The fraction of sp³-hybridized carbons (Fsp3) is 0.600. The molecule has 0 aliphatic heterocycles. The van der Waals surface area contributed by atoms with Gasteiger partial charge in [0.15, 0.2) is 0 Å². The van der Waals surface area contributed by atoms with E-state index in [-0.39, 0.29) is 62.5 Å². The monoisotopic (exact) mass is 466 g/mol. The van der Waals surface area contributed by atoms with Crippen LogP contribution in [-0.4, -0.2) is 82.4 Å². The maximum atomic E-state index is 10.2. The fourth-order valence-corrected chi connectivity index (χ4v) is 0.826. The molecule has 0 N–H and O–H groups in total. The molecule has 0 unspecified atom stereocenters. The van der Waals surface area contributed by atoms with Crippen LogP contribution in [-0.2, 0) is 43.0 Å². The van der Waals surface area contributed by atoms with E-state index in [9.17, 15) is 28.8 Å². The van der Waals surface area contributed by atoms with Crippen molar-refractivity contribution in [2.75, 3.05) is 21.3 Å². The van der Waals surface area contributed by atoms with Crippen LogP contribution in [0.25, 0.3) is 0 Å². The molecule has 0 aliphatic rings. The van der Waals surface area contributed by atoms with Crippen LogP contribution >= 0.6 is 0 Å². The van der Waals surface area contributed by atoms with E-state index in [1.165, 1.54) is 42.1 Å². The minimum absolute atomic E-state index is 0. The summed E-state index contributed by atoms with van der Waals surface area (Å²) in [6.07, 6.45) is -0.344. The molecule has 0 saturated heterocycles. The molecule has 0 bridgehead atoms. The van der Waals surface area contributed by atoms with E-state index in [0.29, 0.717) is 0 Å². The first-order valence-corrected chi connectivity index (χ1v) is 6.68. The Bertz CT molecular complexity index is 391. The van der Waals surface area contributed by atoms with Gasteiger partial charge in [0, 0.05) is 0 Å². The molecule has 0 aromatic rings. The number of carbonyl (C=O) groups excluding carboxylic acids is 6. The Morgan fingerprint density at radius 3 is 0.720 bits per heavy atom. The van der Waals surface area contributed by atoms with Crippen molar-refractivity contribution < 1.29 is 43.0 Å². The second kappa shape index (κ2) is 20.3. The van der Waals surface area contributed by atoms with Gasteiger partial charge in [0.1, 0.15) is 36.6 Å². The standard InChI is InChI=1S/3C5H8O3.In.3H/c3*1-4(6)3-5(7)8-2;;;;/h3*3H2,1-2H3;;;;. The van der Waals surface area contributed by atoms with Gasteiger partial charge in [-0.05, 0) is 20.8 Å². The van der Waals surface area contributed by atoms with E-state index in [1.54, 1.807) is 0 Å². The molecule has 144 valence electrons. The summed E-state index contributed by atoms with van der Waals surface area (Å²) in [6, 6.07) is 0. The van der Waals surface area contributed by atoms with Crippen LogP contribution in [0.15, 0.2) is 0 Å². The van der Waals surface area contributed by atoms with E-state index >= 15 is 0 Å². The van der Waals surface area contributed by atoms with Crippen molar-refractivity contribution in [3.05, 3.63) is 0 Å². The quantitative estimate of drug-likeness (QED) is 0.282. The van der Waals surface area contributed by atoms with E-state index in [0.717, 1.165) is 0 Å². The second-order valence-electron chi connectivity index (χ2n) is 4.36. The van der Waals surface area contributed by atoms with Gasteiger partial charge in [-0.1, -0.05) is 0 Å². The second-order valence-corrected chi connectivity index (χ2v) is 4.36. The minimum atomic E-state index is -0.475. The van der Waals surface area contributed by atoms with Gasteiger partial charge in [0.05, 0.1) is 21.3 Å². The average Bonchev–Trinajstić information content (AvgIpc) is 2.46. The maximum absolute atomic E-state index is 10.2. The summed E-state index contributed by atoms with van der Waals surface area (Å²) in [7, 11) is 3.77. The number of ether oxygens (including phenoxy) is 3. The van der Waals surface area contributed by atoms with E-state index in [4.69, 9.17) is 0 Å². The summed E-state index contributed by atoms with van der Waals surface area (Å²) in [4.78, 5) is 60.9. The van der Waals surface area contributed by atoms with Gasteiger partial charge in [-0.15, -0.1) is 0 Å². The zero-order valence-electron chi connectivity index (χ0n) is 14.8. The molecule has 0 aliphatic carbocycles. The third kappa shape index (κ3) is 34.6. The molecule has 0 saturated carbocycles. The zero-order chi connectivity index (χ0) is 19.7. The van der Waals surface area contributed by atoms with Gasteiger partial charge >= 0.3 is 43.8 Å². The number of hydrogen-bond donors (Lipinski definition) is 0. The third-order valence-electron chi connectivity index (χ3n) is 1.86. The van der Waals surface area contributed by atoms with Crippen molar-refractivity contribution in [1.29, 1.82) is 0 Å². The van der Waals surface area contributed by atoms with Crippen LogP contribution < -0.4 is 0 Å². The van der Waals surface area contributed by atoms with Gasteiger partial charge in [0.2, 0.25) is 0 Å². The van der Waals surface area contributed by atoms with Gasteiger partial charge < -0.3 is 14.2 Å². The number of carbonyl (C=O) groups is 6. The molecule has 0 atom stereocenters. The van der Waals surface area contributed by atoms with Crippen LogP contribution in [0, 0.1) is 0 Å². The van der Waals surface area contributed by atoms with Crippen LogP contribution in [0.3, 0.4) is 0 Å². The van der Waals surface area contributed by atoms with E-state index in [2.05, 4.69) is 14.2 Å². The summed E-state index contributed by atoms with van der Waals surface area (Å²) in [5.74, 6) is -1.93. The van der Waals surface area contributed by atoms with Crippen molar-refractivity contribution in [2.45, 2.75) is 40.0 Å². The molecule has 0 rings (SSSR count). The van der Waals surface area contributed by atoms with Crippen molar-refractivity contribution in [3.63, 3.8) is 0 Å². The molecule has 0 aromatic carbocycles. The third-order valence-corrected chi connectivity index (χ3v) is 1.86. The first-order valence-electron chi connectivity index (χ1n) is 6.68.